The zero-order chi connectivity index (χ0) is 15.9. The second kappa shape index (κ2) is 14.8. The molecule has 0 aromatic carbocycles. The zero-order valence-corrected chi connectivity index (χ0v) is 15.0. The summed E-state index contributed by atoms with van der Waals surface area (Å²) in [6.07, 6.45) is 2.72. The van der Waals surface area contributed by atoms with Crippen molar-refractivity contribution in [3.05, 3.63) is 0 Å². The van der Waals surface area contributed by atoms with Gasteiger partial charge in [-0.15, -0.1) is 0 Å². The summed E-state index contributed by atoms with van der Waals surface area (Å²) in [6.45, 7) is 18.4. The minimum atomic E-state index is 0.336. The lowest BCUT2D eigenvalue weighted by Gasteiger charge is -2.33. The second-order valence-electron chi connectivity index (χ2n) is 5.81. The average molecular weight is 303 g/mol. The Kier molecular flexibility index (Phi) is 14.7. The maximum atomic E-state index is 5.79. The summed E-state index contributed by atoms with van der Waals surface area (Å²) in [4.78, 5) is 2.46. The average Bonchev–Trinajstić information content (AvgIpc) is 2.49. The maximum absolute atomic E-state index is 5.79. The Balaban J connectivity index is 0.00000191. The van der Waals surface area contributed by atoms with Gasteiger partial charge in [-0.1, -0.05) is 41.0 Å². The van der Waals surface area contributed by atoms with Crippen LogP contribution in [0.25, 0.3) is 0 Å². The van der Waals surface area contributed by atoms with Crippen molar-refractivity contribution in [2.45, 2.75) is 53.6 Å². The minimum absolute atomic E-state index is 0.336. The van der Waals surface area contributed by atoms with Gasteiger partial charge in [-0.05, 0) is 18.9 Å². The van der Waals surface area contributed by atoms with Crippen molar-refractivity contribution >= 4 is 0 Å². The molecule has 0 saturated carbocycles. The first-order valence-corrected chi connectivity index (χ1v) is 8.84. The number of rotatable bonds is 10. The molecular formula is C17H38N2O2. The van der Waals surface area contributed by atoms with Crippen molar-refractivity contribution in [1.29, 1.82) is 0 Å². The Bertz CT molecular complexity index is 213. The normalized spacial score (nSPS) is 19.4. The number of hydrogen-bond donors (Lipinski definition) is 1. The van der Waals surface area contributed by atoms with E-state index in [0.717, 1.165) is 52.5 Å². The zero-order valence-electron chi connectivity index (χ0n) is 15.0. The molecule has 1 aliphatic heterocycles. The van der Waals surface area contributed by atoms with Crippen LogP contribution in [0.3, 0.4) is 0 Å². The smallest absolute Gasteiger partial charge is 0.0826 e. The number of unbranched alkanes of at least 4 members (excludes halogenated alkanes) is 1. The van der Waals surface area contributed by atoms with Gasteiger partial charge in [-0.3, -0.25) is 4.90 Å². The van der Waals surface area contributed by atoms with E-state index in [1.165, 1.54) is 12.8 Å². The standard InChI is InChI=1S/C15H32N2O2.C2H6/c1-4-5-8-18-9-6-17-7-10-19-15(13-17)12-16-11-14(2)3;1-2/h14-16H,4-13H2,1-3H3;1-2H3. The van der Waals surface area contributed by atoms with Crippen LogP contribution in [0.5, 0.6) is 0 Å². The van der Waals surface area contributed by atoms with Crippen LogP contribution in [0.15, 0.2) is 0 Å². The molecule has 128 valence electrons. The third kappa shape index (κ3) is 12.1. The number of nitrogens with zero attached hydrogens (tertiary/aromatic N) is 1. The molecule has 1 aliphatic rings. The molecule has 1 heterocycles. The molecule has 0 spiro atoms. The first kappa shape index (κ1) is 20.8. The Hall–Kier alpha value is -0.160. The topological polar surface area (TPSA) is 33.7 Å². The highest BCUT2D eigenvalue weighted by Gasteiger charge is 2.19. The predicted octanol–water partition coefficient (Wildman–Crippen LogP) is 2.78. The molecule has 0 aromatic heterocycles. The van der Waals surface area contributed by atoms with E-state index < -0.39 is 0 Å². The molecule has 4 nitrogen and oxygen atoms in total. The fourth-order valence-corrected chi connectivity index (χ4v) is 2.18. The number of hydrogen-bond acceptors (Lipinski definition) is 4. The number of morpholine rings is 1. The minimum Gasteiger partial charge on any atom is -0.380 e. The Labute approximate surface area is 132 Å². The lowest BCUT2D eigenvalue weighted by Crippen LogP contribution is -2.47. The fraction of sp³-hybridized carbons (Fsp3) is 1.00. The predicted molar refractivity (Wildman–Crippen MR) is 91.0 cm³/mol. The number of ether oxygens (including phenoxy) is 2. The molecule has 1 fully saturated rings. The van der Waals surface area contributed by atoms with E-state index in [-0.39, 0.29) is 0 Å². The van der Waals surface area contributed by atoms with E-state index in [9.17, 15) is 0 Å². The van der Waals surface area contributed by atoms with Crippen LogP contribution < -0.4 is 5.32 Å². The van der Waals surface area contributed by atoms with Crippen LogP contribution in [0.4, 0.5) is 0 Å². The highest BCUT2D eigenvalue weighted by molar-refractivity contribution is 4.73. The van der Waals surface area contributed by atoms with Crippen LogP contribution in [0.2, 0.25) is 0 Å². The number of nitrogens with one attached hydrogen (secondary N) is 1. The quantitative estimate of drug-likeness (QED) is 0.629. The van der Waals surface area contributed by atoms with Gasteiger partial charge in [-0.25, -0.2) is 0 Å². The van der Waals surface area contributed by atoms with Crippen LogP contribution in [-0.4, -0.2) is 63.5 Å². The summed E-state index contributed by atoms with van der Waals surface area (Å²) in [7, 11) is 0. The van der Waals surface area contributed by atoms with Gasteiger partial charge < -0.3 is 14.8 Å². The van der Waals surface area contributed by atoms with Crippen LogP contribution in [0.1, 0.15) is 47.5 Å². The Morgan fingerprint density at radius 3 is 2.71 bits per heavy atom. The Morgan fingerprint density at radius 2 is 2.05 bits per heavy atom. The summed E-state index contributed by atoms with van der Waals surface area (Å²) in [5, 5.41) is 3.48. The summed E-state index contributed by atoms with van der Waals surface area (Å²) < 4.78 is 11.4. The van der Waals surface area contributed by atoms with Crippen molar-refractivity contribution in [2.75, 3.05) is 52.5 Å². The summed E-state index contributed by atoms with van der Waals surface area (Å²) in [5.74, 6) is 0.701. The van der Waals surface area contributed by atoms with Crippen molar-refractivity contribution in [1.82, 2.24) is 10.2 Å². The molecule has 0 aliphatic carbocycles. The van der Waals surface area contributed by atoms with E-state index in [2.05, 4.69) is 31.0 Å². The van der Waals surface area contributed by atoms with Crippen LogP contribution >= 0.6 is 0 Å². The molecule has 0 bridgehead atoms. The molecule has 1 saturated heterocycles. The molecular weight excluding hydrogens is 264 g/mol. The lowest BCUT2D eigenvalue weighted by molar-refractivity contribution is -0.0350. The van der Waals surface area contributed by atoms with Gasteiger partial charge >= 0.3 is 0 Å². The molecule has 0 amide bonds. The molecule has 1 atom stereocenters. The molecule has 1 unspecified atom stereocenters. The monoisotopic (exact) mass is 302 g/mol. The molecule has 0 radical (unpaired) electrons. The van der Waals surface area contributed by atoms with Gasteiger partial charge in [0.2, 0.25) is 0 Å². The van der Waals surface area contributed by atoms with Gasteiger partial charge in [0, 0.05) is 32.8 Å². The first-order chi connectivity index (χ1) is 10.2. The van der Waals surface area contributed by atoms with Crippen molar-refractivity contribution < 1.29 is 9.47 Å². The van der Waals surface area contributed by atoms with Gasteiger partial charge in [-0.2, -0.15) is 0 Å². The highest BCUT2D eigenvalue weighted by atomic mass is 16.5. The van der Waals surface area contributed by atoms with E-state index in [1.54, 1.807) is 0 Å². The largest absolute Gasteiger partial charge is 0.380 e. The van der Waals surface area contributed by atoms with E-state index in [0.29, 0.717) is 12.0 Å². The highest BCUT2D eigenvalue weighted by Crippen LogP contribution is 2.04. The Morgan fingerprint density at radius 1 is 1.29 bits per heavy atom. The fourth-order valence-electron chi connectivity index (χ4n) is 2.18. The third-order valence-electron chi connectivity index (χ3n) is 3.34. The summed E-state index contributed by atoms with van der Waals surface area (Å²) in [6, 6.07) is 0. The first-order valence-electron chi connectivity index (χ1n) is 8.84. The molecule has 4 heteroatoms. The van der Waals surface area contributed by atoms with E-state index >= 15 is 0 Å². The van der Waals surface area contributed by atoms with Gasteiger partial charge in [0.05, 0.1) is 19.3 Å². The van der Waals surface area contributed by atoms with Gasteiger partial charge in [0.1, 0.15) is 0 Å². The van der Waals surface area contributed by atoms with E-state index in [1.807, 2.05) is 13.8 Å². The molecule has 1 rings (SSSR count). The van der Waals surface area contributed by atoms with Crippen molar-refractivity contribution in [3.8, 4) is 0 Å². The van der Waals surface area contributed by atoms with Crippen LogP contribution in [0, 0.1) is 5.92 Å². The van der Waals surface area contributed by atoms with E-state index in [4.69, 9.17) is 9.47 Å². The van der Waals surface area contributed by atoms with Gasteiger partial charge in [0.15, 0.2) is 0 Å². The van der Waals surface area contributed by atoms with Crippen molar-refractivity contribution in [2.24, 2.45) is 5.92 Å². The second-order valence-corrected chi connectivity index (χ2v) is 5.81. The lowest BCUT2D eigenvalue weighted by atomic mass is 10.2. The SMILES string of the molecule is CC.CCCCOCCN1CCOC(CNCC(C)C)C1. The van der Waals surface area contributed by atoms with Crippen molar-refractivity contribution in [3.63, 3.8) is 0 Å². The van der Waals surface area contributed by atoms with Crippen LogP contribution in [-0.2, 0) is 9.47 Å². The molecule has 21 heavy (non-hydrogen) atoms. The van der Waals surface area contributed by atoms with Gasteiger partial charge in [0.25, 0.3) is 0 Å². The summed E-state index contributed by atoms with van der Waals surface area (Å²) in [5.41, 5.74) is 0. The molecule has 0 aromatic rings. The third-order valence-corrected chi connectivity index (χ3v) is 3.34. The maximum Gasteiger partial charge on any atom is 0.0826 e. The molecule has 1 N–H and O–H groups in total. The summed E-state index contributed by atoms with van der Waals surface area (Å²) >= 11 is 0.